The molecule has 2 N–H and O–H groups in total. The van der Waals surface area contributed by atoms with E-state index in [-0.39, 0.29) is 5.91 Å². The molecule has 0 bridgehead atoms. The van der Waals surface area contributed by atoms with Gasteiger partial charge in [0.1, 0.15) is 0 Å². The number of ether oxygens (including phenoxy) is 1. The average molecular weight is 250 g/mol. The highest BCUT2D eigenvalue weighted by atomic mass is 16.5. The van der Waals surface area contributed by atoms with Crippen molar-refractivity contribution in [2.75, 3.05) is 32.1 Å². The van der Waals surface area contributed by atoms with Gasteiger partial charge < -0.3 is 15.4 Å². The van der Waals surface area contributed by atoms with E-state index in [0.717, 1.165) is 12.1 Å². The van der Waals surface area contributed by atoms with Crippen LogP contribution in [0.5, 0.6) is 0 Å². The zero-order chi connectivity index (χ0) is 13.4. The standard InChI is InChI=1S/C14H22N2O2/c1-4-12-7-5-6-11(2)14(12)16-10-13(17)15-8-9-18-3/h5-7,16H,4,8-10H2,1-3H3,(H,15,17). The van der Waals surface area contributed by atoms with Gasteiger partial charge in [-0.2, -0.15) is 0 Å². The van der Waals surface area contributed by atoms with E-state index < -0.39 is 0 Å². The second-order valence-corrected chi connectivity index (χ2v) is 4.16. The van der Waals surface area contributed by atoms with Gasteiger partial charge in [-0.3, -0.25) is 4.79 Å². The third kappa shape index (κ3) is 4.37. The van der Waals surface area contributed by atoms with Crippen molar-refractivity contribution in [2.45, 2.75) is 20.3 Å². The number of benzene rings is 1. The van der Waals surface area contributed by atoms with Gasteiger partial charge in [0.2, 0.25) is 5.91 Å². The maximum absolute atomic E-state index is 11.6. The molecule has 0 heterocycles. The van der Waals surface area contributed by atoms with Gasteiger partial charge in [0, 0.05) is 19.3 Å². The van der Waals surface area contributed by atoms with Crippen LogP contribution in [-0.4, -0.2) is 32.7 Å². The van der Waals surface area contributed by atoms with Crippen molar-refractivity contribution in [3.05, 3.63) is 29.3 Å². The number of nitrogens with one attached hydrogen (secondary N) is 2. The summed E-state index contributed by atoms with van der Waals surface area (Å²) in [6.07, 6.45) is 0.954. The quantitative estimate of drug-likeness (QED) is 0.725. The fourth-order valence-corrected chi connectivity index (χ4v) is 1.80. The molecule has 0 saturated heterocycles. The van der Waals surface area contributed by atoms with E-state index in [0.29, 0.717) is 19.7 Å². The number of anilines is 1. The summed E-state index contributed by atoms with van der Waals surface area (Å²) in [6.45, 7) is 5.53. The molecule has 0 aromatic heterocycles. The molecule has 0 aliphatic heterocycles. The molecule has 1 aromatic rings. The Morgan fingerprint density at radius 3 is 2.83 bits per heavy atom. The molecule has 0 fully saturated rings. The van der Waals surface area contributed by atoms with Crippen molar-refractivity contribution in [1.29, 1.82) is 0 Å². The van der Waals surface area contributed by atoms with Crippen LogP contribution in [0.4, 0.5) is 5.69 Å². The zero-order valence-corrected chi connectivity index (χ0v) is 11.4. The van der Waals surface area contributed by atoms with Crippen molar-refractivity contribution < 1.29 is 9.53 Å². The molecule has 1 aromatic carbocycles. The number of aryl methyl sites for hydroxylation is 2. The summed E-state index contributed by atoms with van der Waals surface area (Å²) in [5.41, 5.74) is 3.47. The van der Waals surface area contributed by atoms with Crippen LogP contribution >= 0.6 is 0 Å². The summed E-state index contributed by atoms with van der Waals surface area (Å²) < 4.78 is 4.88. The monoisotopic (exact) mass is 250 g/mol. The minimum atomic E-state index is -0.0163. The molecule has 100 valence electrons. The van der Waals surface area contributed by atoms with Crippen molar-refractivity contribution in [1.82, 2.24) is 5.32 Å². The van der Waals surface area contributed by atoms with Crippen LogP contribution in [0.3, 0.4) is 0 Å². The molecule has 4 nitrogen and oxygen atoms in total. The van der Waals surface area contributed by atoms with Gasteiger partial charge in [-0.25, -0.2) is 0 Å². The number of rotatable bonds is 7. The van der Waals surface area contributed by atoms with Crippen molar-refractivity contribution in [3.63, 3.8) is 0 Å². The van der Waals surface area contributed by atoms with E-state index in [9.17, 15) is 4.79 Å². The molecule has 0 saturated carbocycles. The molecule has 1 rings (SSSR count). The molecule has 0 atom stereocenters. The summed E-state index contributed by atoms with van der Waals surface area (Å²) in [5, 5.41) is 5.99. The Morgan fingerprint density at radius 1 is 1.39 bits per heavy atom. The topological polar surface area (TPSA) is 50.4 Å². The van der Waals surface area contributed by atoms with Gasteiger partial charge in [-0.15, -0.1) is 0 Å². The Bertz CT molecular complexity index is 391. The van der Waals surface area contributed by atoms with Gasteiger partial charge >= 0.3 is 0 Å². The maximum atomic E-state index is 11.6. The second kappa shape index (κ2) is 7.71. The lowest BCUT2D eigenvalue weighted by molar-refractivity contribution is -0.119. The molecule has 0 unspecified atom stereocenters. The predicted octanol–water partition coefficient (Wildman–Crippen LogP) is 1.73. The van der Waals surface area contributed by atoms with Crippen molar-refractivity contribution in [2.24, 2.45) is 0 Å². The van der Waals surface area contributed by atoms with E-state index in [4.69, 9.17) is 4.74 Å². The number of hydrogen-bond donors (Lipinski definition) is 2. The molecule has 0 radical (unpaired) electrons. The van der Waals surface area contributed by atoms with Crippen LogP contribution in [0.2, 0.25) is 0 Å². The molecule has 0 aliphatic carbocycles. The summed E-state index contributed by atoms with van der Waals surface area (Å²) >= 11 is 0. The van der Waals surface area contributed by atoms with Gasteiger partial charge in [0.05, 0.1) is 13.2 Å². The Morgan fingerprint density at radius 2 is 2.17 bits per heavy atom. The molecule has 1 amide bonds. The van der Waals surface area contributed by atoms with E-state index in [2.05, 4.69) is 23.6 Å². The van der Waals surface area contributed by atoms with Gasteiger partial charge in [-0.05, 0) is 24.5 Å². The van der Waals surface area contributed by atoms with E-state index in [1.54, 1.807) is 7.11 Å². The van der Waals surface area contributed by atoms with Crippen LogP contribution in [-0.2, 0) is 16.0 Å². The largest absolute Gasteiger partial charge is 0.383 e. The third-order valence-corrected chi connectivity index (χ3v) is 2.79. The number of amides is 1. The predicted molar refractivity (Wildman–Crippen MR) is 73.9 cm³/mol. The number of hydrogen-bond acceptors (Lipinski definition) is 3. The first-order chi connectivity index (χ1) is 8.69. The first-order valence-corrected chi connectivity index (χ1v) is 6.27. The first kappa shape index (κ1) is 14.5. The minimum Gasteiger partial charge on any atom is -0.383 e. The number of methoxy groups -OCH3 is 1. The van der Waals surface area contributed by atoms with Crippen LogP contribution in [0.25, 0.3) is 0 Å². The summed E-state index contributed by atoms with van der Waals surface area (Å²) in [6, 6.07) is 6.17. The van der Waals surface area contributed by atoms with Gasteiger partial charge in [0.15, 0.2) is 0 Å². The zero-order valence-electron chi connectivity index (χ0n) is 11.4. The highest BCUT2D eigenvalue weighted by molar-refractivity contribution is 5.81. The summed E-state index contributed by atoms with van der Waals surface area (Å²) in [5.74, 6) is -0.0163. The van der Waals surface area contributed by atoms with Crippen LogP contribution in [0.15, 0.2) is 18.2 Å². The van der Waals surface area contributed by atoms with E-state index in [1.807, 2.05) is 19.1 Å². The van der Waals surface area contributed by atoms with Gasteiger partial charge in [0.25, 0.3) is 0 Å². The Labute approximate surface area is 109 Å². The summed E-state index contributed by atoms with van der Waals surface area (Å²) in [4.78, 5) is 11.6. The smallest absolute Gasteiger partial charge is 0.239 e. The normalized spacial score (nSPS) is 10.2. The highest BCUT2D eigenvalue weighted by Gasteiger charge is 2.06. The number of carbonyl (C=O) groups excluding carboxylic acids is 1. The number of para-hydroxylation sites is 1. The van der Waals surface area contributed by atoms with Crippen molar-refractivity contribution in [3.8, 4) is 0 Å². The summed E-state index contributed by atoms with van der Waals surface area (Å²) in [7, 11) is 1.62. The SMILES string of the molecule is CCc1cccc(C)c1NCC(=O)NCCOC. The molecule has 4 heteroatoms. The lowest BCUT2D eigenvalue weighted by Crippen LogP contribution is -2.32. The first-order valence-electron chi connectivity index (χ1n) is 6.27. The maximum Gasteiger partial charge on any atom is 0.239 e. The second-order valence-electron chi connectivity index (χ2n) is 4.16. The Hall–Kier alpha value is -1.55. The molecular weight excluding hydrogens is 228 g/mol. The lowest BCUT2D eigenvalue weighted by atomic mass is 10.1. The number of carbonyl (C=O) groups is 1. The Kier molecular flexibility index (Phi) is 6.22. The van der Waals surface area contributed by atoms with Crippen LogP contribution in [0, 0.1) is 6.92 Å². The van der Waals surface area contributed by atoms with Crippen LogP contribution < -0.4 is 10.6 Å². The Balaban J connectivity index is 2.50. The molecule has 18 heavy (non-hydrogen) atoms. The fourth-order valence-electron chi connectivity index (χ4n) is 1.80. The van der Waals surface area contributed by atoms with Crippen molar-refractivity contribution >= 4 is 11.6 Å². The van der Waals surface area contributed by atoms with Crippen LogP contribution in [0.1, 0.15) is 18.1 Å². The molecule has 0 aliphatic rings. The molecule has 0 spiro atoms. The van der Waals surface area contributed by atoms with Gasteiger partial charge in [-0.1, -0.05) is 25.1 Å². The molecular formula is C14H22N2O2. The lowest BCUT2D eigenvalue weighted by Gasteiger charge is -2.13. The van der Waals surface area contributed by atoms with E-state index >= 15 is 0 Å². The minimum absolute atomic E-state index is 0.0163. The fraction of sp³-hybridized carbons (Fsp3) is 0.500. The average Bonchev–Trinajstić information content (AvgIpc) is 2.37. The highest BCUT2D eigenvalue weighted by Crippen LogP contribution is 2.20. The third-order valence-electron chi connectivity index (χ3n) is 2.79. The van der Waals surface area contributed by atoms with E-state index in [1.165, 1.54) is 11.1 Å².